The normalized spacial score (nSPS) is 10.4. The highest BCUT2D eigenvalue weighted by Gasteiger charge is 2.14. The Hall–Kier alpha value is -3.55. The van der Waals surface area contributed by atoms with Gasteiger partial charge < -0.3 is 14.6 Å². The third-order valence-corrected chi connectivity index (χ3v) is 3.34. The number of amides is 1. The molecular formula is C18H14FN3O4. The van der Waals surface area contributed by atoms with E-state index in [4.69, 9.17) is 9.26 Å². The van der Waals surface area contributed by atoms with Crippen molar-refractivity contribution in [1.82, 2.24) is 10.1 Å². The van der Waals surface area contributed by atoms with Gasteiger partial charge in [-0.05, 0) is 18.2 Å². The summed E-state index contributed by atoms with van der Waals surface area (Å²) in [5.41, 5.74) is 0.751. The van der Waals surface area contributed by atoms with Gasteiger partial charge in [-0.3, -0.25) is 4.79 Å². The molecule has 0 aliphatic carbocycles. The lowest BCUT2D eigenvalue weighted by molar-refractivity contribution is -0.114. The zero-order valence-electron chi connectivity index (χ0n) is 13.7. The lowest BCUT2D eigenvalue weighted by atomic mass is 10.2. The maximum Gasteiger partial charge on any atom is 0.338 e. The first-order valence-electron chi connectivity index (χ1n) is 7.65. The van der Waals surface area contributed by atoms with E-state index in [1.54, 1.807) is 0 Å². The molecule has 0 unspecified atom stereocenters. The Kier molecular flexibility index (Phi) is 5.02. The van der Waals surface area contributed by atoms with E-state index in [9.17, 15) is 14.0 Å². The van der Waals surface area contributed by atoms with Crippen molar-refractivity contribution >= 4 is 17.6 Å². The zero-order chi connectivity index (χ0) is 18.5. The molecule has 1 amide bonds. The first kappa shape index (κ1) is 17.3. The lowest BCUT2D eigenvalue weighted by Crippen LogP contribution is -2.10. The van der Waals surface area contributed by atoms with Crippen LogP contribution in [0.5, 0.6) is 0 Å². The number of nitrogens with one attached hydrogen (secondary N) is 1. The predicted octanol–water partition coefficient (Wildman–Crippen LogP) is 3.19. The Labute approximate surface area is 147 Å². The van der Waals surface area contributed by atoms with Gasteiger partial charge in [-0.1, -0.05) is 35.5 Å². The van der Waals surface area contributed by atoms with Gasteiger partial charge in [0.05, 0.1) is 11.3 Å². The van der Waals surface area contributed by atoms with Crippen molar-refractivity contribution in [2.45, 2.75) is 13.5 Å². The molecular weight excluding hydrogens is 341 g/mol. The Balaban J connectivity index is 1.66. The third kappa shape index (κ3) is 4.10. The van der Waals surface area contributed by atoms with Gasteiger partial charge in [-0.2, -0.15) is 4.98 Å². The van der Waals surface area contributed by atoms with Gasteiger partial charge in [-0.25, -0.2) is 9.18 Å². The van der Waals surface area contributed by atoms with Gasteiger partial charge in [0.25, 0.3) is 5.89 Å². The number of rotatable bonds is 5. The average molecular weight is 355 g/mol. The predicted molar refractivity (Wildman–Crippen MR) is 89.6 cm³/mol. The summed E-state index contributed by atoms with van der Waals surface area (Å²) >= 11 is 0. The van der Waals surface area contributed by atoms with Crippen molar-refractivity contribution in [3.05, 3.63) is 65.8 Å². The molecule has 0 fully saturated rings. The fourth-order valence-electron chi connectivity index (χ4n) is 2.17. The van der Waals surface area contributed by atoms with Crippen LogP contribution in [0.1, 0.15) is 23.2 Å². The van der Waals surface area contributed by atoms with E-state index < -0.39 is 17.7 Å². The Morgan fingerprint density at radius 2 is 1.96 bits per heavy atom. The number of benzene rings is 2. The molecule has 7 nitrogen and oxygen atoms in total. The van der Waals surface area contributed by atoms with E-state index in [1.807, 2.05) is 30.3 Å². The van der Waals surface area contributed by atoms with Crippen LogP contribution in [0.15, 0.2) is 53.1 Å². The quantitative estimate of drug-likeness (QED) is 0.706. The molecule has 2 aromatic carbocycles. The average Bonchev–Trinajstić information content (AvgIpc) is 3.11. The van der Waals surface area contributed by atoms with E-state index in [1.165, 1.54) is 19.1 Å². The van der Waals surface area contributed by atoms with Crippen LogP contribution in [0, 0.1) is 5.82 Å². The smallest absolute Gasteiger partial charge is 0.338 e. The molecule has 0 spiro atoms. The number of carbonyl (C=O) groups excluding carboxylic acids is 2. The van der Waals surface area contributed by atoms with Gasteiger partial charge >= 0.3 is 5.97 Å². The molecule has 0 radical (unpaired) electrons. The molecule has 3 aromatic rings. The Morgan fingerprint density at radius 1 is 1.19 bits per heavy atom. The standard InChI is InChI=1S/C18H14FN3O4/c1-11(23)20-15-9-13(7-8-14(15)19)18(24)25-10-16-21-17(22-26-16)12-5-3-2-4-6-12/h2-9H,10H2,1H3,(H,20,23). The summed E-state index contributed by atoms with van der Waals surface area (Å²) in [5, 5.41) is 6.12. The van der Waals surface area contributed by atoms with Gasteiger partial charge in [0.1, 0.15) is 5.82 Å². The summed E-state index contributed by atoms with van der Waals surface area (Å²) in [7, 11) is 0. The van der Waals surface area contributed by atoms with Gasteiger partial charge in [0.15, 0.2) is 6.61 Å². The summed E-state index contributed by atoms with van der Waals surface area (Å²) in [6, 6.07) is 12.7. The number of ether oxygens (including phenoxy) is 1. The van der Waals surface area contributed by atoms with E-state index in [0.717, 1.165) is 11.6 Å². The summed E-state index contributed by atoms with van der Waals surface area (Å²) < 4.78 is 23.7. The highest BCUT2D eigenvalue weighted by atomic mass is 19.1. The van der Waals surface area contributed by atoms with E-state index in [2.05, 4.69) is 15.5 Å². The van der Waals surface area contributed by atoms with Crippen LogP contribution < -0.4 is 5.32 Å². The maximum atomic E-state index is 13.6. The number of hydrogen-bond donors (Lipinski definition) is 1. The first-order valence-corrected chi connectivity index (χ1v) is 7.65. The van der Waals surface area contributed by atoms with Crippen molar-refractivity contribution in [2.75, 3.05) is 5.32 Å². The number of esters is 1. The van der Waals surface area contributed by atoms with Crippen molar-refractivity contribution in [2.24, 2.45) is 0 Å². The summed E-state index contributed by atoms with van der Waals surface area (Å²) in [4.78, 5) is 27.3. The second-order valence-corrected chi connectivity index (χ2v) is 5.33. The minimum Gasteiger partial charge on any atom is -0.452 e. The fraction of sp³-hybridized carbons (Fsp3) is 0.111. The number of anilines is 1. The number of halogens is 1. The summed E-state index contributed by atoms with van der Waals surface area (Å²) in [6.45, 7) is 1.01. The van der Waals surface area contributed by atoms with Crippen molar-refractivity contribution in [3.63, 3.8) is 0 Å². The van der Waals surface area contributed by atoms with E-state index in [-0.39, 0.29) is 23.7 Å². The summed E-state index contributed by atoms with van der Waals surface area (Å²) in [5.74, 6) is -1.31. The van der Waals surface area contributed by atoms with Crippen LogP contribution in [-0.2, 0) is 16.1 Å². The largest absolute Gasteiger partial charge is 0.452 e. The molecule has 1 N–H and O–H groups in total. The van der Waals surface area contributed by atoms with Crippen LogP contribution in [0.3, 0.4) is 0 Å². The van der Waals surface area contributed by atoms with Crippen molar-refractivity contribution in [3.8, 4) is 11.4 Å². The van der Waals surface area contributed by atoms with Crippen LogP contribution in [0.25, 0.3) is 11.4 Å². The van der Waals surface area contributed by atoms with Gasteiger partial charge in [-0.15, -0.1) is 0 Å². The summed E-state index contributed by atoms with van der Waals surface area (Å²) in [6.07, 6.45) is 0. The number of aromatic nitrogens is 2. The monoisotopic (exact) mass is 355 g/mol. The topological polar surface area (TPSA) is 94.3 Å². The highest BCUT2D eigenvalue weighted by Crippen LogP contribution is 2.18. The van der Waals surface area contributed by atoms with Crippen LogP contribution in [0.4, 0.5) is 10.1 Å². The Morgan fingerprint density at radius 3 is 2.69 bits per heavy atom. The maximum absolute atomic E-state index is 13.6. The molecule has 0 bridgehead atoms. The van der Waals surface area contributed by atoms with Crippen LogP contribution in [-0.4, -0.2) is 22.0 Å². The molecule has 0 saturated carbocycles. The number of carbonyl (C=O) groups is 2. The molecule has 0 saturated heterocycles. The van der Waals surface area contributed by atoms with Crippen molar-refractivity contribution < 1.29 is 23.2 Å². The molecule has 3 rings (SSSR count). The molecule has 1 aromatic heterocycles. The number of hydrogen-bond acceptors (Lipinski definition) is 6. The third-order valence-electron chi connectivity index (χ3n) is 3.34. The fourth-order valence-corrected chi connectivity index (χ4v) is 2.17. The molecule has 0 atom stereocenters. The first-order chi connectivity index (χ1) is 12.5. The molecule has 0 aliphatic heterocycles. The SMILES string of the molecule is CC(=O)Nc1cc(C(=O)OCc2nc(-c3ccccc3)no2)ccc1F. The lowest BCUT2D eigenvalue weighted by Gasteiger charge is -2.06. The second kappa shape index (κ2) is 7.56. The Bertz CT molecular complexity index is 941. The molecule has 1 heterocycles. The van der Waals surface area contributed by atoms with E-state index in [0.29, 0.717) is 5.82 Å². The second-order valence-electron chi connectivity index (χ2n) is 5.33. The zero-order valence-corrected chi connectivity index (χ0v) is 13.7. The van der Waals surface area contributed by atoms with E-state index >= 15 is 0 Å². The van der Waals surface area contributed by atoms with Gasteiger partial charge in [0, 0.05) is 12.5 Å². The van der Waals surface area contributed by atoms with Gasteiger partial charge in [0.2, 0.25) is 11.7 Å². The highest BCUT2D eigenvalue weighted by molar-refractivity contribution is 5.93. The molecule has 26 heavy (non-hydrogen) atoms. The van der Waals surface area contributed by atoms with Crippen LogP contribution in [0.2, 0.25) is 0 Å². The molecule has 8 heteroatoms. The van der Waals surface area contributed by atoms with Crippen molar-refractivity contribution in [1.29, 1.82) is 0 Å². The van der Waals surface area contributed by atoms with Crippen LogP contribution >= 0.6 is 0 Å². The molecule has 0 aliphatic rings. The number of nitrogens with zero attached hydrogens (tertiary/aromatic N) is 2. The molecule has 132 valence electrons. The minimum absolute atomic E-state index is 0.0814. The minimum atomic E-state index is -0.712.